The molecule has 1 nitrogen and oxygen atoms in total. The summed E-state index contributed by atoms with van der Waals surface area (Å²) in [6.45, 7) is 0. The zero-order chi connectivity index (χ0) is 11.2. The highest BCUT2D eigenvalue weighted by Gasteiger charge is 2.25. The Morgan fingerprint density at radius 2 is 1.71 bits per heavy atom. The van der Waals surface area contributed by atoms with Crippen LogP contribution in [0.3, 0.4) is 0 Å². The molecule has 0 saturated heterocycles. The van der Waals surface area contributed by atoms with E-state index in [1.165, 1.54) is 40.8 Å². The van der Waals surface area contributed by atoms with Crippen LogP contribution in [0, 0.1) is 0 Å². The highest BCUT2D eigenvalue weighted by molar-refractivity contribution is 5.82. The Morgan fingerprint density at radius 3 is 2.59 bits per heavy atom. The van der Waals surface area contributed by atoms with E-state index in [0.29, 0.717) is 0 Å². The molecule has 2 aliphatic carbocycles. The minimum absolute atomic E-state index is 0.727. The fourth-order valence-electron chi connectivity index (χ4n) is 2.74. The number of anilines is 1. The molecule has 0 aliphatic heterocycles. The third-order valence-electron chi connectivity index (χ3n) is 3.79. The lowest BCUT2D eigenvalue weighted by molar-refractivity contribution is 1.13. The zero-order valence-corrected chi connectivity index (χ0v) is 9.74. The van der Waals surface area contributed by atoms with Crippen molar-refractivity contribution in [1.82, 2.24) is 0 Å². The Balaban J connectivity index is 1.83. The predicted octanol–water partition coefficient (Wildman–Crippen LogP) is 3.83. The lowest BCUT2D eigenvalue weighted by Crippen LogP contribution is -2.03. The van der Waals surface area contributed by atoms with E-state index in [4.69, 9.17) is 0 Å². The predicted molar refractivity (Wildman–Crippen MR) is 71.3 cm³/mol. The van der Waals surface area contributed by atoms with Crippen molar-refractivity contribution in [1.29, 1.82) is 0 Å². The van der Waals surface area contributed by atoms with Gasteiger partial charge in [-0.2, -0.15) is 0 Å². The fraction of sp³-hybridized carbons (Fsp3) is 0.250. The van der Waals surface area contributed by atoms with Gasteiger partial charge in [-0.25, -0.2) is 0 Å². The van der Waals surface area contributed by atoms with E-state index in [2.05, 4.69) is 47.8 Å². The van der Waals surface area contributed by atoms with Crippen molar-refractivity contribution in [3.63, 3.8) is 0 Å². The average molecular weight is 221 g/mol. The number of hydrogen-bond acceptors (Lipinski definition) is 1. The summed E-state index contributed by atoms with van der Waals surface area (Å²) in [5, 5.41) is 3.65. The van der Waals surface area contributed by atoms with Gasteiger partial charge in [0.05, 0.1) is 0 Å². The van der Waals surface area contributed by atoms with E-state index in [1.807, 2.05) is 0 Å². The molecule has 0 radical (unpaired) electrons. The number of benzene rings is 2. The summed E-state index contributed by atoms with van der Waals surface area (Å²) in [4.78, 5) is 0. The van der Waals surface area contributed by atoms with Gasteiger partial charge < -0.3 is 5.32 Å². The molecule has 1 heteroatoms. The molecule has 17 heavy (non-hydrogen) atoms. The van der Waals surface area contributed by atoms with Crippen LogP contribution in [0.1, 0.15) is 24.0 Å². The van der Waals surface area contributed by atoms with Gasteiger partial charge in [0.25, 0.3) is 0 Å². The molecule has 0 amide bonds. The molecule has 1 saturated carbocycles. The first-order valence-electron chi connectivity index (χ1n) is 6.38. The highest BCUT2D eigenvalue weighted by atomic mass is 15.0. The van der Waals surface area contributed by atoms with Crippen LogP contribution in [0.4, 0.5) is 5.69 Å². The van der Waals surface area contributed by atoms with Crippen LogP contribution >= 0.6 is 0 Å². The molecule has 4 rings (SSSR count). The zero-order valence-electron chi connectivity index (χ0n) is 9.74. The summed E-state index contributed by atoms with van der Waals surface area (Å²) < 4.78 is 0. The Bertz CT molecular complexity index is 582. The summed E-state index contributed by atoms with van der Waals surface area (Å²) in [5.74, 6) is 0. The number of fused-ring (bicyclic) bond motifs is 3. The first kappa shape index (κ1) is 9.29. The van der Waals surface area contributed by atoms with E-state index in [0.717, 1.165) is 12.5 Å². The lowest BCUT2D eigenvalue weighted by atomic mass is 10.1. The normalized spacial score (nSPS) is 16.5. The number of hydrogen-bond donors (Lipinski definition) is 1. The molecule has 84 valence electrons. The van der Waals surface area contributed by atoms with Crippen LogP contribution in [-0.2, 0) is 6.42 Å². The van der Waals surface area contributed by atoms with Gasteiger partial charge in [-0.15, -0.1) is 0 Å². The highest BCUT2D eigenvalue weighted by Crippen LogP contribution is 2.41. The van der Waals surface area contributed by atoms with Gasteiger partial charge in [-0.05, 0) is 41.2 Å². The summed E-state index contributed by atoms with van der Waals surface area (Å²) in [5.41, 5.74) is 7.14. The third-order valence-corrected chi connectivity index (χ3v) is 3.79. The molecule has 0 atom stereocenters. The van der Waals surface area contributed by atoms with Crippen LogP contribution in [0.15, 0.2) is 42.5 Å². The number of rotatable bonds is 2. The maximum atomic E-state index is 3.65. The van der Waals surface area contributed by atoms with Gasteiger partial charge in [0.15, 0.2) is 0 Å². The standard InChI is InChI=1S/C16H15N/c1-2-5-13-11(4-1)10-15-14(13)6-3-7-16(15)17-12-8-9-12/h1-7,12,17H,8-10H2. The Kier molecular flexibility index (Phi) is 1.84. The molecule has 0 spiro atoms. The lowest BCUT2D eigenvalue weighted by Gasteiger charge is -2.10. The SMILES string of the molecule is c1ccc2c(c1)Cc1c(NC3CC3)cccc1-2. The summed E-state index contributed by atoms with van der Waals surface area (Å²) in [7, 11) is 0. The van der Waals surface area contributed by atoms with Crippen LogP contribution in [0.5, 0.6) is 0 Å². The van der Waals surface area contributed by atoms with Gasteiger partial charge in [-0.1, -0.05) is 36.4 Å². The maximum absolute atomic E-state index is 3.65. The Labute approximate surface area is 101 Å². The quantitative estimate of drug-likeness (QED) is 0.693. The number of nitrogens with one attached hydrogen (secondary N) is 1. The van der Waals surface area contributed by atoms with Gasteiger partial charge in [0.2, 0.25) is 0 Å². The minimum Gasteiger partial charge on any atom is -0.382 e. The monoisotopic (exact) mass is 221 g/mol. The van der Waals surface area contributed by atoms with Crippen molar-refractivity contribution >= 4 is 5.69 Å². The van der Waals surface area contributed by atoms with E-state index < -0.39 is 0 Å². The van der Waals surface area contributed by atoms with Crippen LogP contribution < -0.4 is 5.32 Å². The summed E-state index contributed by atoms with van der Waals surface area (Å²) >= 11 is 0. The summed E-state index contributed by atoms with van der Waals surface area (Å²) in [6, 6.07) is 16.1. The van der Waals surface area contributed by atoms with Crippen LogP contribution in [-0.4, -0.2) is 6.04 Å². The van der Waals surface area contributed by atoms with Crippen molar-refractivity contribution in [2.24, 2.45) is 0 Å². The Hall–Kier alpha value is -1.76. The first-order chi connectivity index (χ1) is 8.42. The van der Waals surface area contributed by atoms with Gasteiger partial charge in [0.1, 0.15) is 0 Å². The fourth-order valence-corrected chi connectivity index (χ4v) is 2.74. The molecular formula is C16H15N. The molecule has 0 bridgehead atoms. The molecule has 2 aromatic carbocycles. The second-order valence-electron chi connectivity index (χ2n) is 5.08. The van der Waals surface area contributed by atoms with Crippen molar-refractivity contribution in [3.05, 3.63) is 53.6 Å². The molecule has 0 unspecified atom stereocenters. The van der Waals surface area contributed by atoms with Crippen LogP contribution in [0.25, 0.3) is 11.1 Å². The molecule has 2 aromatic rings. The van der Waals surface area contributed by atoms with Gasteiger partial charge >= 0.3 is 0 Å². The Morgan fingerprint density at radius 1 is 0.882 bits per heavy atom. The minimum atomic E-state index is 0.727. The van der Waals surface area contributed by atoms with E-state index in [1.54, 1.807) is 0 Å². The van der Waals surface area contributed by atoms with Gasteiger partial charge in [-0.3, -0.25) is 0 Å². The van der Waals surface area contributed by atoms with Crippen molar-refractivity contribution in [2.75, 3.05) is 5.32 Å². The second-order valence-corrected chi connectivity index (χ2v) is 5.08. The molecule has 1 N–H and O–H groups in total. The molecule has 1 fully saturated rings. The largest absolute Gasteiger partial charge is 0.382 e. The van der Waals surface area contributed by atoms with Crippen LogP contribution in [0.2, 0.25) is 0 Å². The molecule has 2 aliphatic rings. The second kappa shape index (κ2) is 3.36. The van der Waals surface area contributed by atoms with Crippen molar-refractivity contribution in [2.45, 2.75) is 25.3 Å². The van der Waals surface area contributed by atoms with E-state index in [-0.39, 0.29) is 0 Å². The molecule has 0 aromatic heterocycles. The molecule has 0 heterocycles. The van der Waals surface area contributed by atoms with Crippen molar-refractivity contribution in [3.8, 4) is 11.1 Å². The van der Waals surface area contributed by atoms with E-state index in [9.17, 15) is 0 Å². The van der Waals surface area contributed by atoms with Gasteiger partial charge in [0, 0.05) is 18.2 Å². The topological polar surface area (TPSA) is 12.0 Å². The van der Waals surface area contributed by atoms with Crippen molar-refractivity contribution < 1.29 is 0 Å². The molecular weight excluding hydrogens is 206 g/mol. The third kappa shape index (κ3) is 1.46. The summed E-state index contributed by atoms with van der Waals surface area (Å²) in [6.07, 6.45) is 3.74. The first-order valence-corrected chi connectivity index (χ1v) is 6.38. The van der Waals surface area contributed by atoms with E-state index >= 15 is 0 Å². The maximum Gasteiger partial charge on any atom is 0.0384 e. The smallest absolute Gasteiger partial charge is 0.0384 e. The average Bonchev–Trinajstić information content (AvgIpc) is 3.08.